The summed E-state index contributed by atoms with van der Waals surface area (Å²) in [7, 11) is 0. The standard InChI is InChI=1S/C13H11N3/c14-12-9-5-1-2-7-11(9)16-13-10(12)6-3-4-8-15-13/h1-8,12H,14H2. The highest BCUT2D eigenvalue weighted by atomic mass is 15.0. The van der Waals surface area contributed by atoms with Gasteiger partial charge in [0, 0.05) is 11.8 Å². The van der Waals surface area contributed by atoms with Gasteiger partial charge in [-0.25, -0.2) is 9.98 Å². The molecule has 0 amide bonds. The van der Waals surface area contributed by atoms with Crippen LogP contribution in [0.2, 0.25) is 0 Å². The molecule has 3 heteroatoms. The summed E-state index contributed by atoms with van der Waals surface area (Å²) in [5.74, 6) is 0.719. The highest BCUT2D eigenvalue weighted by Crippen LogP contribution is 2.34. The van der Waals surface area contributed by atoms with Crippen molar-refractivity contribution < 1.29 is 0 Å². The van der Waals surface area contributed by atoms with E-state index in [1.165, 1.54) is 0 Å². The van der Waals surface area contributed by atoms with E-state index >= 15 is 0 Å². The predicted octanol–water partition coefficient (Wildman–Crippen LogP) is 2.30. The van der Waals surface area contributed by atoms with Crippen molar-refractivity contribution in [3.63, 3.8) is 0 Å². The summed E-state index contributed by atoms with van der Waals surface area (Å²) in [6.45, 7) is 0. The monoisotopic (exact) mass is 209 g/mol. The zero-order chi connectivity index (χ0) is 11.0. The quantitative estimate of drug-likeness (QED) is 0.700. The van der Waals surface area contributed by atoms with Gasteiger partial charge in [-0.3, -0.25) is 0 Å². The first-order valence-corrected chi connectivity index (χ1v) is 5.21. The van der Waals surface area contributed by atoms with Crippen molar-refractivity contribution in [1.29, 1.82) is 0 Å². The van der Waals surface area contributed by atoms with Crippen LogP contribution in [-0.2, 0) is 0 Å². The Kier molecular flexibility index (Phi) is 2.04. The molecule has 2 aliphatic rings. The van der Waals surface area contributed by atoms with Crippen molar-refractivity contribution in [2.24, 2.45) is 15.7 Å². The fourth-order valence-corrected chi connectivity index (χ4v) is 1.94. The van der Waals surface area contributed by atoms with Crippen LogP contribution >= 0.6 is 0 Å². The van der Waals surface area contributed by atoms with E-state index in [1.807, 2.05) is 42.5 Å². The average Bonchev–Trinajstić information content (AvgIpc) is 2.55. The van der Waals surface area contributed by atoms with Gasteiger partial charge in [-0.2, -0.15) is 0 Å². The minimum Gasteiger partial charge on any atom is -0.320 e. The van der Waals surface area contributed by atoms with Gasteiger partial charge in [0.1, 0.15) is 0 Å². The maximum atomic E-state index is 6.21. The zero-order valence-corrected chi connectivity index (χ0v) is 8.67. The second-order valence-corrected chi connectivity index (χ2v) is 3.76. The number of hydrogen-bond donors (Lipinski definition) is 1. The van der Waals surface area contributed by atoms with E-state index in [4.69, 9.17) is 5.73 Å². The van der Waals surface area contributed by atoms with Gasteiger partial charge in [-0.15, -0.1) is 0 Å². The lowest BCUT2D eigenvalue weighted by atomic mass is 9.94. The first-order valence-electron chi connectivity index (χ1n) is 5.21. The number of fused-ring (bicyclic) bond motifs is 2. The van der Waals surface area contributed by atoms with Crippen LogP contribution in [0.5, 0.6) is 0 Å². The summed E-state index contributed by atoms with van der Waals surface area (Å²) < 4.78 is 0. The Balaban J connectivity index is 2.23. The summed E-state index contributed by atoms with van der Waals surface area (Å²) in [5.41, 5.74) is 9.17. The lowest BCUT2D eigenvalue weighted by molar-refractivity contribution is 0.868. The number of nitrogens with two attached hydrogens (primary N) is 1. The van der Waals surface area contributed by atoms with Crippen molar-refractivity contribution in [2.45, 2.75) is 6.04 Å². The SMILES string of the molecule is NC1C2=CC=CC=NC2=Nc2ccccc21. The summed E-state index contributed by atoms with van der Waals surface area (Å²) in [6.07, 6.45) is 7.54. The van der Waals surface area contributed by atoms with Crippen LogP contribution in [0.15, 0.2) is 58.1 Å². The van der Waals surface area contributed by atoms with Crippen LogP contribution < -0.4 is 5.73 Å². The highest BCUT2D eigenvalue weighted by molar-refractivity contribution is 6.08. The molecule has 3 nitrogen and oxygen atoms in total. The molecule has 0 saturated heterocycles. The molecule has 16 heavy (non-hydrogen) atoms. The van der Waals surface area contributed by atoms with Crippen molar-refractivity contribution in [2.75, 3.05) is 0 Å². The molecule has 2 aliphatic heterocycles. The Bertz CT molecular complexity index is 550. The molecule has 2 N–H and O–H groups in total. The van der Waals surface area contributed by atoms with Gasteiger partial charge in [-0.1, -0.05) is 30.4 Å². The first kappa shape index (κ1) is 9.24. The molecule has 1 unspecified atom stereocenters. The summed E-state index contributed by atoms with van der Waals surface area (Å²) >= 11 is 0. The van der Waals surface area contributed by atoms with Crippen LogP contribution in [0.3, 0.4) is 0 Å². The van der Waals surface area contributed by atoms with Crippen LogP contribution in [0.4, 0.5) is 5.69 Å². The van der Waals surface area contributed by atoms with E-state index in [0.29, 0.717) is 0 Å². The number of hydrogen-bond acceptors (Lipinski definition) is 3. The minimum atomic E-state index is -0.136. The van der Waals surface area contributed by atoms with Crippen molar-refractivity contribution in [3.8, 4) is 0 Å². The van der Waals surface area contributed by atoms with Gasteiger partial charge in [-0.05, 0) is 17.7 Å². The second-order valence-electron chi connectivity index (χ2n) is 3.76. The van der Waals surface area contributed by atoms with Crippen LogP contribution in [-0.4, -0.2) is 12.1 Å². The van der Waals surface area contributed by atoms with Gasteiger partial charge in [0.05, 0.1) is 11.7 Å². The number of para-hydroxylation sites is 1. The Morgan fingerprint density at radius 1 is 1.12 bits per heavy atom. The Hall–Kier alpha value is -2.00. The number of nitrogens with zero attached hydrogens (tertiary/aromatic N) is 2. The van der Waals surface area contributed by atoms with Crippen LogP contribution in [0, 0.1) is 0 Å². The van der Waals surface area contributed by atoms with E-state index in [-0.39, 0.29) is 6.04 Å². The lowest BCUT2D eigenvalue weighted by Crippen LogP contribution is -2.21. The molecule has 78 valence electrons. The highest BCUT2D eigenvalue weighted by Gasteiger charge is 2.23. The molecule has 2 heterocycles. The molecule has 1 atom stereocenters. The number of amidine groups is 1. The maximum absolute atomic E-state index is 6.21. The largest absolute Gasteiger partial charge is 0.320 e. The number of benzene rings is 1. The lowest BCUT2D eigenvalue weighted by Gasteiger charge is -2.22. The average molecular weight is 209 g/mol. The fourth-order valence-electron chi connectivity index (χ4n) is 1.94. The summed E-state index contributed by atoms with van der Waals surface area (Å²) in [5, 5.41) is 0. The maximum Gasteiger partial charge on any atom is 0.157 e. The first-order chi connectivity index (χ1) is 7.86. The number of rotatable bonds is 0. The van der Waals surface area contributed by atoms with E-state index in [0.717, 1.165) is 22.7 Å². The molecular formula is C13H11N3. The minimum absolute atomic E-state index is 0.136. The molecule has 0 spiro atoms. The van der Waals surface area contributed by atoms with Crippen molar-refractivity contribution in [1.82, 2.24) is 0 Å². The van der Waals surface area contributed by atoms with Gasteiger partial charge in [0.15, 0.2) is 5.84 Å². The second kappa shape index (κ2) is 3.54. The molecule has 1 aromatic carbocycles. The third-order valence-electron chi connectivity index (χ3n) is 2.76. The Morgan fingerprint density at radius 2 is 2.00 bits per heavy atom. The molecular weight excluding hydrogens is 198 g/mol. The Labute approximate surface area is 93.7 Å². The fraction of sp³-hybridized carbons (Fsp3) is 0.0769. The molecule has 1 aromatic rings. The third kappa shape index (κ3) is 1.33. The van der Waals surface area contributed by atoms with Gasteiger partial charge in [0.2, 0.25) is 0 Å². The van der Waals surface area contributed by atoms with Gasteiger partial charge < -0.3 is 5.73 Å². The molecule has 0 radical (unpaired) electrons. The third-order valence-corrected chi connectivity index (χ3v) is 2.76. The van der Waals surface area contributed by atoms with Crippen LogP contribution in [0.1, 0.15) is 11.6 Å². The van der Waals surface area contributed by atoms with E-state index in [2.05, 4.69) is 9.98 Å². The molecule has 0 fully saturated rings. The molecule has 0 saturated carbocycles. The molecule has 0 aliphatic carbocycles. The van der Waals surface area contributed by atoms with Crippen molar-refractivity contribution >= 4 is 17.7 Å². The van der Waals surface area contributed by atoms with Gasteiger partial charge in [0.25, 0.3) is 0 Å². The normalized spacial score (nSPS) is 21.7. The predicted molar refractivity (Wildman–Crippen MR) is 66.2 cm³/mol. The summed E-state index contributed by atoms with van der Waals surface area (Å²) in [6, 6.07) is 7.79. The Morgan fingerprint density at radius 3 is 2.94 bits per heavy atom. The van der Waals surface area contributed by atoms with Gasteiger partial charge >= 0.3 is 0 Å². The van der Waals surface area contributed by atoms with Crippen molar-refractivity contribution in [3.05, 3.63) is 53.6 Å². The topological polar surface area (TPSA) is 50.7 Å². The molecule has 3 rings (SSSR count). The van der Waals surface area contributed by atoms with E-state index in [9.17, 15) is 0 Å². The number of allylic oxidation sites excluding steroid dienone is 3. The smallest absolute Gasteiger partial charge is 0.157 e. The van der Waals surface area contributed by atoms with E-state index in [1.54, 1.807) is 6.21 Å². The zero-order valence-electron chi connectivity index (χ0n) is 8.67. The van der Waals surface area contributed by atoms with Crippen LogP contribution in [0.25, 0.3) is 0 Å². The number of aliphatic imine (C=N–C) groups is 2. The molecule has 0 bridgehead atoms. The summed E-state index contributed by atoms with van der Waals surface area (Å²) in [4.78, 5) is 8.79. The molecule has 0 aromatic heterocycles. The van der Waals surface area contributed by atoms with E-state index < -0.39 is 0 Å².